The molecule has 2 aromatic heterocycles. The van der Waals surface area contributed by atoms with Crippen LogP contribution in [0.3, 0.4) is 0 Å². The van der Waals surface area contributed by atoms with E-state index in [2.05, 4.69) is 15.3 Å². The molecule has 10 nitrogen and oxygen atoms in total. The molecule has 5 rings (SSSR count). The first-order valence-electron chi connectivity index (χ1n) is 12.0. The number of carbonyl (C=O) groups excluding carboxylic acids is 2. The summed E-state index contributed by atoms with van der Waals surface area (Å²) in [5.41, 5.74) is 9.82. The topological polar surface area (TPSA) is 140 Å². The summed E-state index contributed by atoms with van der Waals surface area (Å²) in [6.45, 7) is 1.75. The van der Waals surface area contributed by atoms with Gasteiger partial charge in [0.25, 0.3) is 11.8 Å². The van der Waals surface area contributed by atoms with Gasteiger partial charge < -0.3 is 20.5 Å². The van der Waals surface area contributed by atoms with Crippen LogP contribution in [0.5, 0.6) is 0 Å². The summed E-state index contributed by atoms with van der Waals surface area (Å²) < 4.78 is 29.4. The fraction of sp³-hybridized carbons (Fsp3) is 0.143. The van der Waals surface area contributed by atoms with E-state index in [1.807, 2.05) is 29.8 Å². The first-order chi connectivity index (χ1) is 18.5. The Morgan fingerprint density at radius 2 is 1.77 bits per heavy atom. The molecular formula is C28H26N6O4S. The van der Waals surface area contributed by atoms with Crippen molar-refractivity contribution in [2.75, 3.05) is 19.4 Å². The zero-order valence-corrected chi connectivity index (χ0v) is 22.6. The number of amides is 2. The van der Waals surface area contributed by atoms with Crippen LogP contribution in [0.4, 0.5) is 11.4 Å². The van der Waals surface area contributed by atoms with Crippen LogP contribution < -0.4 is 11.1 Å². The standard InChI is InChI=1S/C28H26N6O4S/c1-16-10-20(39(37,38)19-7-5-6-17(11-19)28(36)33(2)3)13-21-25(16)30-14-22(27(29)35)26(21)32-18-8-9-23-24(12-18)34(4)15-31-23/h5-15H,1-4H3,(H2,29,35)(H,30,32). The Bertz CT molecular complexity index is 1910. The number of imidazole rings is 1. The number of benzene rings is 3. The number of hydrogen-bond acceptors (Lipinski definition) is 7. The predicted molar refractivity (Wildman–Crippen MR) is 149 cm³/mol. The van der Waals surface area contributed by atoms with Crippen LogP contribution in [0.1, 0.15) is 26.3 Å². The lowest BCUT2D eigenvalue weighted by atomic mass is 10.1. The molecule has 11 heteroatoms. The number of hydrogen-bond donors (Lipinski definition) is 2. The Morgan fingerprint density at radius 3 is 2.49 bits per heavy atom. The lowest BCUT2D eigenvalue weighted by molar-refractivity contribution is 0.0827. The van der Waals surface area contributed by atoms with Gasteiger partial charge in [0.15, 0.2) is 0 Å². The third-order valence-electron chi connectivity index (χ3n) is 6.50. The minimum Gasteiger partial charge on any atom is -0.365 e. The maximum atomic E-state index is 13.8. The molecule has 5 aromatic rings. The molecule has 3 N–H and O–H groups in total. The number of nitrogens with zero attached hydrogens (tertiary/aromatic N) is 4. The highest BCUT2D eigenvalue weighted by Crippen LogP contribution is 2.35. The SMILES string of the molecule is Cc1cc(S(=O)(=O)c2cccc(C(=O)N(C)C)c2)cc2c(Nc3ccc4ncn(C)c4c3)c(C(N)=O)cnc12. The van der Waals surface area contributed by atoms with Crippen LogP contribution in [-0.4, -0.2) is 53.8 Å². The zero-order valence-electron chi connectivity index (χ0n) is 21.8. The minimum atomic E-state index is -4.04. The quantitative estimate of drug-likeness (QED) is 0.332. The molecule has 0 bridgehead atoms. The van der Waals surface area contributed by atoms with Gasteiger partial charge in [-0.25, -0.2) is 13.4 Å². The third kappa shape index (κ3) is 4.57. The predicted octanol–water partition coefficient (Wildman–Crippen LogP) is 3.81. The van der Waals surface area contributed by atoms with Gasteiger partial charge in [0.2, 0.25) is 9.84 Å². The monoisotopic (exact) mass is 542 g/mol. The van der Waals surface area contributed by atoms with Crippen molar-refractivity contribution in [2.45, 2.75) is 16.7 Å². The lowest BCUT2D eigenvalue weighted by Gasteiger charge is -2.16. The van der Waals surface area contributed by atoms with Crippen molar-refractivity contribution in [3.63, 3.8) is 0 Å². The van der Waals surface area contributed by atoms with Crippen LogP contribution in [0.25, 0.3) is 21.9 Å². The number of primary amides is 1. The summed E-state index contributed by atoms with van der Waals surface area (Å²) in [5, 5.41) is 3.67. The molecule has 0 radical (unpaired) electrons. The second-order valence-electron chi connectivity index (χ2n) is 9.46. The highest BCUT2D eigenvalue weighted by molar-refractivity contribution is 7.91. The maximum absolute atomic E-state index is 13.8. The molecule has 0 atom stereocenters. The summed E-state index contributed by atoms with van der Waals surface area (Å²) in [7, 11) is 1.03. The number of carbonyl (C=O) groups is 2. The van der Waals surface area contributed by atoms with E-state index in [0.717, 1.165) is 11.0 Å². The fourth-order valence-electron chi connectivity index (χ4n) is 4.46. The number of anilines is 2. The van der Waals surface area contributed by atoms with Crippen molar-refractivity contribution in [1.29, 1.82) is 0 Å². The van der Waals surface area contributed by atoms with Gasteiger partial charge in [-0.2, -0.15) is 0 Å². The Kier molecular flexibility index (Phi) is 6.31. The van der Waals surface area contributed by atoms with Gasteiger partial charge in [-0.1, -0.05) is 6.07 Å². The van der Waals surface area contributed by atoms with Gasteiger partial charge in [-0.05, 0) is 61.0 Å². The molecule has 3 aromatic carbocycles. The van der Waals surface area contributed by atoms with Crippen LogP contribution in [-0.2, 0) is 16.9 Å². The molecule has 198 valence electrons. The number of nitrogens with two attached hydrogens (primary N) is 1. The van der Waals surface area contributed by atoms with Crippen molar-refractivity contribution in [1.82, 2.24) is 19.4 Å². The van der Waals surface area contributed by atoms with Crippen LogP contribution in [0.15, 0.2) is 76.9 Å². The first-order valence-corrected chi connectivity index (χ1v) is 13.4. The van der Waals surface area contributed by atoms with E-state index in [1.54, 1.807) is 33.4 Å². The molecule has 0 aliphatic carbocycles. The Hall–Kier alpha value is -4.77. The molecule has 39 heavy (non-hydrogen) atoms. The highest BCUT2D eigenvalue weighted by Gasteiger charge is 2.23. The third-order valence-corrected chi connectivity index (χ3v) is 8.23. The van der Waals surface area contributed by atoms with Crippen molar-refractivity contribution >= 4 is 55.0 Å². The van der Waals surface area contributed by atoms with Crippen molar-refractivity contribution < 1.29 is 18.0 Å². The van der Waals surface area contributed by atoms with Gasteiger partial charge in [-0.15, -0.1) is 0 Å². The number of aryl methyl sites for hydroxylation is 2. The Labute approximate surface area is 225 Å². The molecule has 0 fully saturated rings. The van der Waals surface area contributed by atoms with Gasteiger partial charge in [0.1, 0.15) is 0 Å². The van der Waals surface area contributed by atoms with E-state index < -0.39 is 15.7 Å². The molecule has 0 aliphatic rings. The number of aromatic nitrogens is 3. The van der Waals surface area contributed by atoms with Crippen LogP contribution >= 0.6 is 0 Å². The molecule has 0 saturated carbocycles. The van der Waals surface area contributed by atoms with E-state index >= 15 is 0 Å². The zero-order chi connectivity index (χ0) is 28.1. The summed E-state index contributed by atoms with van der Waals surface area (Å²) in [4.78, 5) is 35.0. The number of nitrogens with one attached hydrogen (secondary N) is 1. The molecule has 0 aliphatic heterocycles. The van der Waals surface area contributed by atoms with Crippen molar-refractivity contribution in [2.24, 2.45) is 12.8 Å². The van der Waals surface area contributed by atoms with E-state index in [9.17, 15) is 18.0 Å². The molecule has 0 saturated heterocycles. The van der Waals surface area contributed by atoms with E-state index in [4.69, 9.17) is 5.73 Å². The second kappa shape index (κ2) is 9.52. The second-order valence-corrected chi connectivity index (χ2v) is 11.4. The van der Waals surface area contributed by atoms with E-state index in [0.29, 0.717) is 27.8 Å². The summed E-state index contributed by atoms with van der Waals surface area (Å²) >= 11 is 0. The average molecular weight is 543 g/mol. The fourth-order valence-corrected chi connectivity index (χ4v) is 5.88. The number of pyridine rings is 1. The van der Waals surface area contributed by atoms with Crippen LogP contribution in [0, 0.1) is 6.92 Å². The van der Waals surface area contributed by atoms with E-state index in [1.165, 1.54) is 41.4 Å². The van der Waals surface area contributed by atoms with Gasteiger partial charge >= 0.3 is 0 Å². The molecule has 2 amide bonds. The van der Waals surface area contributed by atoms with E-state index in [-0.39, 0.29) is 26.8 Å². The lowest BCUT2D eigenvalue weighted by Crippen LogP contribution is -2.21. The normalized spacial score (nSPS) is 11.6. The number of sulfone groups is 1. The van der Waals surface area contributed by atoms with Gasteiger partial charge in [0.05, 0.1) is 43.9 Å². The van der Waals surface area contributed by atoms with Gasteiger partial charge in [-0.3, -0.25) is 14.6 Å². The summed E-state index contributed by atoms with van der Waals surface area (Å²) in [5.74, 6) is -1.02. The Morgan fingerprint density at radius 1 is 1.00 bits per heavy atom. The summed E-state index contributed by atoms with van der Waals surface area (Å²) in [6.07, 6.45) is 3.08. The van der Waals surface area contributed by atoms with Gasteiger partial charge in [0, 0.05) is 44.0 Å². The van der Waals surface area contributed by atoms with Crippen molar-refractivity contribution in [3.8, 4) is 0 Å². The average Bonchev–Trinajstić information content (AvgIpc) is 3.28. The highest BCUT2D eigenvalue weighted by atomic mass is 32.2. The molecule has 0 spiro atoms. The summed E-state index contributed by atoms with van der Waals surface area (Å²) in [6, 6.07) is 14.4. The van der Waals surface area contributed by atoms with Crippen LogP contribution in [0.2, 0.25) is 0 Å². The Balaban J connectivity index is 1.69. The maximum Gasteiger partial charge on any atom is 0.253 e. The minimum absolute atomic E-state index is 0.00416. The molecule has 2 heterocycles. The van der Waals surface area contributed by atoms with Crippen molar-refractivity contribution in [3.05, 3.63) is 83.8 Å². The number of rotatable bonds is 6. The number of fused-ring (bicyclic) bond motifs is 2. The molecule has 0 unspecified atom stereocenters. The smallest absolute Gasteiger partial charge is 0.253 e. The largest absolute Gasteiger partial charge is 0.365 e. The molecular weight excluding hydrogens is 516 g/mol. The first kappa shape index (κ1) is 25.9.